The molecule has 1 aliphatic heterocycles. The summed E-state index contributed by atoms with van der Waals surface area (Å²) in [4.78, 5) is 22.6. The Morgan fingerprint density at radius 3 is 2.90 bits per heavy atom. The first-order chi connectivity index (χ1) is 10.2. The SMILES string of the molecule is CO[C@@H]1CN(C(=O)c2cnc(C)cn2)Cc2ccnn2C1. The standard InChI is InChI=1S/C14H17N5O2/c1-10-5-16-13(6-15-10)14(20)18-7-11-3-4-17-19(11)9-12(8-18)21-2/h3-6,12H,7-9H2,1-2H3/t12-/m1/s1. The van der Waals surface area contributed by atoms with Crippen LogP contribution in [0.25, 0.3) is 0 Å². The van der Waals surface area contributed by atoms with Crippen molar-refractivity contribution < 1.29 is 9.53 Å². The number of methoxy groups -OCH3 is 1. The second kappa shape index (κ2) is 5.61. The van der Waals surface area contributed by atoms with E-state index in [4.69, 9.17) is 4.74 Å². The smallest absolute Gasteiger partial charge is 0.274 e. The molecule has 0 saturated heterocycles. The number of hydrogen-bond donors (Lipinski definition) is 0. The summed E-state index contributed by atoms with van der Waals surface area (Å²) in [5.41, 5.74) is 2.13. The molecule has 0 spiro atoms. The van der Waals surface area contributed by atoms with Gasteiger partial charge >= 0.3 is 0 Å². The lowest BCUT2D eigenvalue weighted by atomic mass is 10.3. The molecular weight excluding hydrogens is 270 g/mol. The summed E-state index contributed by atoms with van der Waals surface area (Å²) in [5.74, 6) is -0.140. The molecule has 21 heavy (non-hydrogen) atoms. The Labute approximate surface area is 122 Å². The highest BCUT2D eigenvalue weighted by molar-refractivity contribution is 5.92. The third kappa shape index (κ3) is 2.78. The normalized spacial score (nSPS) is 18.2. The second-order valence-electron chi connectivity index (χ2n) is 5.09. The summed E-state index contributed by atoms with van der Waals surface area (Å²) < 4.78 is 7.32. The number of hydrogen-bond acceptors (Lipinski definition) is 5. The highest BCUT2D eigenvalue weighted by Crippen LogP contribution is 2.15. The van der Waals surface area contributed by atoms with Crippen molar-refractivity contribution in [2.45, 2.75) is 26.1 Å². The first-order valence-electron chi connectivity index (χ1n) is 6.79. The summed E-state index contributed by atoms with van der Waals surface area (Å²) in [6.45, 7) is 3.48. The average molecular weight is 287 g/mol. The Bertz CT molecular complexity index is 637. The molecule has 0 aromatic carbocycles. The van der Waals surface area contributed by atoms with E-state index < -0.39 is 0 Å². The zero-order valence-electron chi connectivity index (χ0n) is 12.1. The Morgan fingerprint density at radius 1 is 1.33 bits per heavy atom. The molecule has 2 aromatic heterocycles. The molecule has 3 rings (SSSR count). The number of carbonyl (C=O) groups excluding carboxylic acids is 1. The lowest BCUT2D eigenvalue weighted by Crippen LogP contribution is -2.37. The van der Waals surface area contributed by atoms with Crippen molar-refractivity contribution in [3.05, 3.63) is 41.7 Å². The third-order valence-corrected chi connectivity index (χ3v) is 3.58. The van der Waals surface area contributed by atoms with E-state index in [1.54, 1.807) is 24.4 Å². The van der Waals surface area contributed by atoms with Gasteiger partial charge in [0.15, 0.2) is 0 Å². The second-order valence-corrected chi connectivity index (χ2v) is 5.09. The fourth-order valence-corrected chi connectivity index (χ4v) is 2.38. The van der Waals surface area contributed by atoms with Gasteiger partial charge in [-0.2, -0.15) is 5.10 Å². The van der Waals surface area contributed by atoms with Crippen LogP contribution in [0.5, 0.6) is 0 Å². The lowest BCUT2D eigenvalue weighted by molar-refractivity contribution is 0.0446. The predicted molar refractivity (Wildman–Crippen MR) is 74.5 cm³/mol. The molecule has 2 aromatic rings. The van der Waals surface area contributed by atoms with Crippen molar-refractivity contribution in [3.63, 3.8) is 0 Å². The van der Waals surface area contributed by atoms with Crippen molar-refractivity contribution >= 4 is 5.91 Å². The zero-order valence-corrected chi connectivity index (χ0v) is 12.1. The van der Waals surface area contributed by atoms with Crippen LogP contribution in [-0.2, 0) is 17.8 Å². The van der Waals surface area contributed by atoms with Crippen LogP contribution in [0.4, 0.5) is 0 Å². The molecular formula is C14H17N5O2. The first kappa shape index (κ1) is 13.7. The molecule has 3 heterocycles. The van der Waals surface area contributed by atoms with Crippen molar-refractivity contribution in [1.29, 1.82) is 0 Å². The summed E-state index contributed by atoms with van der Waals surface area (Å²) in [5, 5.41) is 4.26. The zero-order chi connectivity index (χ0) is 14.8. The van der Waals surface area contributed by atoms with Crippen LogP contribution in [0.3, 0.4) is 0 Å². The maximum atomic E-state index is 12.6. The van der Waals surface area contributed by atoms with Crippen molar-refractivity contribution in [2.75, 3.05) is 13.7 Å². The minimum absolute atomic E-state index is 0.0893. The summed E-state index contributed by atoms with van der Waals surface area (Å²) in [6.07, 6.45) is 4.76. The highest BCUT2D eigenvalue weighted by atomic mass is 16.5. The number of carbonyl (C=O) groups is 1. The van der Waals surface area contributed by atoms with E-state index in [0.29, 0.717) is 25.3 Å². The average Bonchev–Trinajstić information content (AvgIpc) is 2.85. The molecule has 0 aliphatic carbocycles. The first-order valence-corrected chi connectivity index (χ1v) is 6.79. The van der Waals surface area contributed by atoms with Gasteiger partial charge in [0.2, 0.25) is 0 Å². The van der Waals surface area contributed by atoms with Gasteiger partial charge in [-0.25, -0.2) is 4.98 Å². The largest absolute Gasteiger partial charge is 0.378 e. The van der Waals surface area contributed by atoms with Gasteiger partial charge in [0.1, 0.15) is 5.69 Å². The van der Waals surface area contributed by atoms with Crippen LogP contribution in [0, 0.1) is 6.92 Å². The monoisotopic (exact) mass is 287 g/mol. The molecule has 0 N–H and O–H groups in total. The number of aromatic nitrogens is 4. The molecule has 0 bridgehead atoms. The topological polar surface area (TPSA) is 73.1 Å². The van der Waals surface area contributed by atoms with E-state index in [1.165, 1.54) is 6.20 Å². The van der Waals surface area contributed by atoms with Crippen LogP contribution in [-0.4, -0.2) is 50.3 Å². The van der Waals surface area contributed by atoms with Gasteiger partial charge in [-0.15, -0.1) is 0 Å². The molecule has 1 amide bonds. The number of ether oxygens (including phenoxy) is 1. The fraction of sp³-hybridized carbons (Fsp3) is 0.429. The van der Waals surface area contributed by atoms with Crippen LogP contribution in [0.1, 0.15) is 21.9 Å². The van der Waals surface area contributed by atoms with Crippen molar-refractivity contribution in [1.82, 2.24) is 24.6 Å². The van der Waals surface area contributed by atoms with E-state index in [9.17, 15) is 4.79 Å². The van der Waals surface area contributed by atoms with E-state index >= 15 is 0 Å². The van der Waals surface area contributed by atoms with Crippen molar-refractivity contribution in [2.24, 2.45) is 0 Å². The van der Waals surface area contributed by atoms with Crippen LogP contribution in [0.2, 0.25) is 0 Å². The van der Waals surface area contributed by atoms with Crippen LogP contribution in [0.15, 0.2) is 24.7 Å². The predicted octanol–water partition coefficient (Wildman–Crippen LogP) is 0.653. The minimum atomic E-state index is -0.140. The fourth-order valence-electron chi connectivity index (χ4n) is 2.38. The molecule has 7 heteroatoms. The Balaban J connectivity index is 1.86. The van der Waals surface area contributed by atoms with Gasteiger partial charge in [0.05, 0.1) is 36.8 Å². The Hall–Kier alpha value is -2.28. The number of amides is 1. The lowest BCUT2D eigenvalue weighted by Gasteiger charge is -2.22. The van der Waals surface area contributed by atoms with E-state index in [1.807, 2.05) is 17.7 Å². The van der Waals surface area contributed by atoms with Gasteiger partial charge in [-0.1, -0.05) is 0 Å². The van der Waals surface area contributed by atoms with E-state index in [0.717, 1.165) is 11.4 Å². The van der Waals surface area contributed by atoms with E-state index in [2.05, 4.69) is 15.1 Å². The van der Waals surface area contributed by atoms with Crippen LogP contribution >= 0.6 is 0 Å². The number of aryl methyl sites for hydroxylation is 1. The summed E-state index contributed by atoms with van der Waals surface area (Å²) in [6, 6.07) is 1.92. The third-order valence-electron chi connectivity index (χ3n) is 3.58. The van der Waals surface area contributed by atoms with Gasteiger partial charge in [-0.05, 0) is 13.0 Å². The highest BCUT2D eigenvalue weighted by Gasteiger charge is 2.26. The molecule has 0 unspecified atom stereocenters. The minimum Gasteiger partial charge on any atom is -0.378 e. The maximum Gasteiger partial charge on any atom is 0.274 e. The molecule has 7 nitrogen and oxygen atoms in total. The quantitative estimate of drug-likeness (QED) is 0.811. The van der Waals surface area contributed by atoms with E-state index in [-0.39, 0.29) is 12.0 Å². The molecule has 0 saturated carbocycles. The van der Waals surface area contributed by atoms with Gasteiger partial charge in [0.25, 0.3) is 5.91 Å². The van der Waals surface area contributed by atoms with Gasteiger partial charge < -0.3 is 9.64 Å². The Morgan fingerprint density at radius 2 is 2.19 bits per heavy atom. The van der Waals surface area contributed by atoms with Crippen LogP contribution < -0.4 is 0 Å². The molecule has 0 radical (unpaired) electrons. The number of rotatable bonds is 2. The summed E-state index contributed by atoms with van der Waals surface area (Å²) >= 11 is 0. The van der Waals surface area contributed by atoms with Gasteiger partial charge in [-0.3, -0.25) is 14.5 Å². The molecule has 0 fully saturated rings. The maximum absolute atomic E-state index is 12.6. The molecule has 110 valence electrons. The molecule has 1 atom stereocenters. The van der Waals surface area contributed by atoms with Gasteiger partial charge in [0, 0.05) is 26.0 Å². The molecule has 1 aliphatic rings. The summed E-state index contributed by atoms with van der Waals surface area (Å²) in [7, 11) is 1.65. The Kier molecular flexibility index (Phi) is 3.66. The van der Waals surface area contributed by atoms with Crippen molar-refractivity contribution in [3.8, 4) is 0 Å². The number of nitrogens with zero attached hydrogens (tertiary/aromatic N) is 5. The number of fused-ring (bicyclic) bond motifs is 1.